The van der Waals surface area contributed by atoms with E-state index in [4.69, 9.17) is 4.74 Å². The smallest absolute Gasteiger partial charge is 0.262 e. The SMILES string of the molecule is CCCCNC(=O)c1ccc(NC(=O)COc2ccc(Br)cc2C(C)C)cc1. The first-order valence-corrected chi connectivity index (χ1v) is 10.3. The molecule has 2 rings (SSSR count). The Morgan fingerprint density at radius 3 is 2.46 bits per heavy atom. The quantitative estimate of drug-likeness (QED) is 0.525. The molecule has 0 atom stereocenters. The number of amides is 2. The van der Waals surface area contributed by atoms with Gasteiger partial charge in [-0.15, -0.1) is 0 Å². The van der Waals surface area contributed by atoms with Gasteiger partial charge in [0.05, 0.1) is 0 Å². The number of unbranched alkanes of at least 4 members (excludes halogenated alkanes) is 1. The average molecular weight is 447 g/mol. The van der Waals surface area contributed by atoms with Crippen LogP contribution in [-0.2, 0) is 4.79 Å². The van der Waals surface area contributed by atoms with E-state index in [1.807, 2.05) is 18.2 Å². The van der Waals surface area contributed by atoms with Crippen LogP contribution in [0.2, 0.25) is 0 Å². The second kappa shape index (κ2) is 10.9. The summed E-state index contributed by atoms with van der Waals surface area (Å²) >= 11 is 3.46. The molecule has 28 heavy (non-hydrogen) atoms. The number of ether oxygens (including phenoxy) is 1. The molecular weight excluding hydrogens is 420 g/mol. The third kappa shape index (κ3) is 6.68. The van der Waals surface area contributed by atoms with Gasteiger partial charge in [-0.25, -0.2) is 0 Å². The Bertz CT molecular complexity index is 804. The van der Waals surface area contributed by atoms with E-state index in [2.05, 4.69) is 47.3 Å². The molecule has 0 aliphatic carbocycles. The maximum absolute atomic E-state index is 12.2. The molecule has 0 saturated carbocycles. The minimum atomic E-state index is -0.252. The van der Waals surface area contributed by atoms with E-state index < -0.39 is 0 Å². The van der Waals surface area contributed by atoms with Crippen LogP contribution >= 0.6 is 15.9 Å². The molecule has 0 saturated heterocycles. The Morgan fingerprint density at radius 2 is 1.82 bits per heavy atom. The van der Waals surface area contributed by atoms with E-state index in [0.29, 0.717) is 23.5 Å². The average Bonchev–Trinajstić information content (AvgIpc) is 2.67. The third-order valence-corrected chi connectivity index (χ3v) is 4.69. The predicted octanol–water partition coefficient (Wildman–Crippen LogP) is 5.12. The molecule has 0 spiro atoms. The van der Waals surface area contributed by atoms with Gasteiger partial charge in [0, 0.05) is 22.3 Å². The summed E-state index contributed by atoms with van der Waals surface area (Å²) in [5.41, 5.74) is 2.24. The summed E-state index contributed by atoms with van der Waals surface area (Å²) in [7, 11) is 0. The predicted molar refractivity (Wildman–Crippen MR) is 116 cm³/mol. The topological polar surface area (TPSA) is 67.4 Å². The summed E-state index contributed by atoms with van der Waals surface area (Å²) in [6.45, 7) is 6.82. The van der Waals surface area contributed by atoms with E-state index in [0.717, 1.165) is 22.9 Å². The van der Waals surface area contributed by atoms with Crippen LogP contribution in [0.3, 0.4) is 0 Å². The molecule has 2 amide bonds. The molecule has 0 bridgehead atoms. The monoisotopic (exact) mass is 446 g/mol. The Kier molecular flexibility index (Phi) is 8.51. The van der Waals surface area contributed by atoms with Gasteiger partial charge < -0.3 is 15.4 Å². The summed E-state index contributed by atoms with van der Waals surface area (Å²) in [6.07, 6.45) is 1.99. The van der Waals surface area contributed by atoms with Crippen LogP contribution in [0.15, 0.2) is 46.9 Å². The van der Waals surface area contributed by atoms with Crippen LogP contribution in [0.1, 0.15) is 55.5 Å². The molecule has 0 aliphatic rings. The van der Waals surface area contributed by atoms with E-state index in [-0.39, 0.29) is 24.3 Å². The number of carbonyl (C=O) groups is 2. The van der Waals surface area contributed by atoms with Gasteiger partial charge in [-0.05, 0) is 60.4 Å². The molecule has 2 N–H and O–H groups in total. The van der Waals surface area contributed by atoms with E-state index >= 15 is 0 Å². The molecule has 6 heteroatoms. The highest BCUT2D eigenvalue weighted by Gasteiger charge is 2.11. The largest absolute Gasteiger partial charge is 0.483 e. The molecule has 2 aromatic carbocycles. The number of hydrogen-bond acceptors (Lipinski definition) is 3. The highest BCUT2D eigenvalue weighted by Crippen LogP contribution is 2.29. The summed E-state index contributed by atoms with van der Waals surface area (Å²) in [6, 6.07) is 12.6. The molecule has 150 valence electrons. The van der Waals surface area contributed by atoms with Crippen molar-refractivity contribution >= 4 is 33.4 Å². The lowest BCUT2D eigenvalue weighted by Crippen LogP contribution is -2.24. The van der Waals surface area contributed by atoms with Crippen LogP contribution in [0.5, 0.6) is 5.75 Å². The van der Waals surface area contributed by atoms with Gasteiger partial charge in [-0.2, -0.15) is 0 Å². The van der Waals surface area contributed by atoms with Gasteiger partial charge in [0.2, 0.25) is 0 Å². The zero-order valence-electron chi connectivity index (χ0n) is 16.5. The molecule has 0 aliphatic heterocycles. The van der Waals surface area contributed by atoms with E-state index in [1.54, 1.807) is 24.3 Å². The molecule has 0 radical (unpaired) electrons. The minimum absolute atomic E-state index is 0.0827. The first kappa shape index (κ1) is 22.0. The van der Waals surface area contributed by atoms with E-state index in [1.165, 1.54) is 0 Å². The van der Waals surface area contributed by atoms with Gasteiger partial charge in [0.1, 0.15) is 5.75 Å². The maximum Gasteiger partial charge on any atom is 0.262 e. The molecule has 5 nitrogen and oxygen atoms in total. The Balaban J connectivity index is 1.89. The van der Waals surface area contributed by atoms with Crippen LogP contribution in [0.25, 0.3) is 0 Å². The molecule has 0 aromatic heterocycles. The van der Waals surface area contributed by atoms with Crippen molar-refractivity contribution in [1.82, 2.24) is 5.32 Å². The second-order valence-electron chi connectivity index (χ2n) is 6.86. The van der Waals surface area contributed by atoms with Crippen LogP contribution in [0, 0.1) is 0 Å². The Hall–Kier alpha value is -2.34. The summed E-state index contributed by atoms with van der Waals surface area (Å²) < 4.78 is 6.69. The number of anilines is 1. The second-order valence-corrected chi connectivity index (χ2v) is 7.78. The normalized spacial score (nSPS) is 10.6. The molecular formula is C22H27BrN2O3. The number of halogens is 1. The standard InChI is InChI=1S/C22H27BrN2O3/c1-4-5-12-24-22(27)16-6-9-18(10-7-16)25-21(26)14-28-20-11-8-17(23)13-19(20)15(2)3/h6-11,13,15H,4-5,12,14H2,1-3H3,(H,24,27)(H,25,26). The van der Waals surface area contributed by atoms with Crippen LogP contribution in [-0.4, -0.2) is 25.0 Å². The molecule has 2 aromatic rings. The van der Waals surface area contributed by atoms with Gasteiger partial charge in [-0.1, -0.05) is 43.1 Å². The fourth-order valence-electron chi connectivity index (χ4n) is 2.63. The maximum atomic E-state index is 12.2. The van der Waals surface area contributed by atoms with Crippen LogP contribution < -0.4 is 15.4 Å². The number of hydrogen-bond donors (Lipinski definition) is 2. The van der Waals surface area contributed by atoms with Crippen molar-refractivity contribution in [3.05, 3.63) is 58.1 Å². The van der Waals surface area contributed by atoms with Crippen molar-refractivity contribution in [1.29, 1.82) is 0 Å². The van der Waals surface area contributed by atoms with Crippen LogP contribution in [0.4, 0.5) is 5.69 Å². The summed E-state index contributed by atoms with van der Waals surface area (Å²) in [4.78, 5) is 24.2. The van der Waals surface area contributed by atoms with Crippen molar-refractivity contribution in [2.45, 2.75) is 39.5 Å². The van der Waals surface area contributed by atoms with Crippen molar-refractivity contribution in [3.8, 4) is 5.75 Å². The first-order valence-electron chi connectivity index (χ1n) is 9.51. The summed E-state index contributed by atoms with van der Waals surface area (Å²) in [5, 5.41) is 5.65. The van der Waals surface area contributed by atoms with Gasteiger partial charge >= 0.3 is 0 Å². The molecule has 0 fully saturated rings. The third-order valence-electron chi connectivity index (χ3n) is 4.20. The van der Waals surface area contributed by atoms with Crippen molar-refractivity contribution in [3.63, 3.8) is 0 Å². The zero-order valence-corrected chi connectivity index (χ0v) is 18.1. The van der Waals surface area contributed by atoms with Crippen molar-refractivity contribution < 1.29 is 14.3 Å². The highest BCUT2D eigenvalue weighted by atomic mass is 79.9. The Morgan fingerprint density at radius 1 is 1.11 bits per heavy atom. The minimum Gasteiger partial charge on any atom is -0.483 e. The fourth-order valence-corrected chi connectivity index (χ4v) is 3.01. The zero-order chi connectivity index (χ0) is 20.5. The van der Waals surface area contributed by atoms with Gasteiger partial charge in [0.25, 0.3) is 11.8 Å². The van der Waals surface area contributed by atoms with Crippen molar-refractivity contribution in [2.24, 2.45) is 0 Å². The summed E-state index contributed by atoms with van der Waals surface area (Å²) in [5.74, 6) is 0.628. The van der Waals surface area contributed by atoms with Gasteiger partial charge in [0.15, 0.2) is 6.61 Å². The highest BCUT2D eigenvalue weighted by molar-refractivity contribution is 9.10. The number of rotatable bonds is 9. The number of nitrogens with one attached hydrogen (secondary N) is 2. The van der Waals surface area contributed by atoms with E-state index in [9.17, 15) is 9.59 Å². The fraction of sp³-hybridized carbons (Fsp3) is 0.364. The Labute approximate surface area is 175 Å². The lowest BCUT2D eigenvalue weighted by molar-refractivity contribution is -0.118. The lowest BCUT2D eigenvalue weighted by Gasteiger charge is -2.14. The van der Waals surface area contributed by atoms with Crippen molar-refractivity contribution in [2.75, 3.05) is 18.5 Å². The number of benzene rings is 2. The van der Waals surface area contributed by atoms with Gasteiger partial charge in [-0.3, -0.25) is 9.59 Å². The molecule has 0 heterocycles. The number of carbonyl (C=O) groups excluding carboxylic acids is 2. The first-order chi connectivity index (χ1) is 13.4. The lowest BCUT2D eigenvalue weighted by atomic mass is 10.0. The molecule has 0 unspecified atom stereocenters.